The van der Waals surface area contributed by atoms with E-state index in [1.807, 2.05) is 0 Å². The minimum Gasteiger partial charge on any atom is -0.545 e. The molecule has 1 aromatic carbocycles. The number of carbonyl (C=O) groups excluding carboxylic acids is 3. The van der Waals surface area contributed by atoms with Crippen LogP contribution in [0.1, 0.15) is 31.1 Å². The number of hydrogen-bond donors (Lipinski definition) is 0. The van der Waals surface area contributed by atoms with Gasteiger partial charge in [-0.1, -0.05) is 0 Å². The van der Waals surface area contributed by atoms with E-state index < -0.39 is 34.6 Å². The standard InChI is InChI=1S/C9H6O6.Sm/c10-7(11)4-1-5(8(12)13)3-6(2-4)9(14)15;/h1-3H,(H,10,11)(H,12,13)(H,14,15);/q;+3/p-3. The molecule has 1 radical (unpaired) electrons. The zero-order valence-corrected chi connectivity index (χ0v) is 10.2. The van der Waals surface area contributed by atoms with Gasteiger partial charge in [0.25, 0.3) is 0 Å². The van der Waals surface area contributed by atoms with Crippen LogP contribution in [0, 0.1) is 40.4 Å². The Kier molecular flexibility index (Phi) is 5.51. The molecule has 6 nitrogen and oxygen atoms in total. The average Bonchev–Trinajstić information content (AvgIpc) is 2.16. The van der Waals surface area contributed by atoms with Crippen LogP contribution in [0.2, 0.25) is 0 Å². The third kappa shape index (κ3) is 3.52. The Labute approximate surface area is 122 Å². The number of carboxylic acid groups (broad SMARTS) is 3. The SMILES string of the molecule is O=C([O-])c1cc(C(=O)[O-])cc(C(=O)[O-])c1.[Sm+3]. The van der Waals surface area contributed by atoms with Crippen molar-refractivity contribution in [2.45, 2.75) is 0 Å². The van der Waals surface area contributed by atoms with Gasteiger partial charge in [0.1, 0.15) is 0 Å². The summed E-state index contributed by atoms with van der Waals surface area (Å²) in [5.41, 5.74) is -1.68. The molecule has 0 N–H and O–H groups in total. The Hall–Kier alpha value is -1.03. The van der Waals surface area contributed by atoms with Crippen molar-refractivity contribution >= 4 is 17.9 Å². The molecule has 0 aliphatic heterocycles. The minimum atomic E-state index is -1.68. The summed E-state index contributed by atoms with van der Waals surface area (Å²) in [6.45, 7) is 0. The van der Waals surface area contributed by atoms with Crippen molar-refractivity contribution in [3.63, 3.8) is 0 Å². The van der Waals surface area contributed by atoms with Gasteiger partial charge >= 0.3 is 40.4 Å². The van der Waals surface area contributed by atoms with E-state index in [0.29, 0.717) is 0 Å². The van der Waals surface area contributed by atoms with Gasteiger partial charge in [-0.3, -0.25) is 0 Å². The van der Waals surface area contributed by atoms with Crippen LogP contribution >= 0.6 is 0 Å². The molecular formula is C9H3O6Sm. The summed E-state index contributed by atoms with van der Waals surface area (Å²) in [5, 5.41) is 31.2. The molecule has 0 heterocycles. The summed E-state index contributed by atoms with van der Waals surface area (Å²) in [4.78, 5) is 31.2. The second-order valence-electron chi connectivity index (χ2n) is 2.66. The van der Waals surface area contributed by atoms with E-state index >= 15 is 0 Å². The van der Waals surface area contributed by atoms with E-state index in [1.165, 1.54) is 0 Å². The summed E-state index contributed by atoms with van der Waals surface area (Å²) in [5.74, 6) is -5.04. The molecule has 0 saturated carbocycles. The van der Waals surface area contributed by atoms with Crippen LogP contribution < -0.4 is 15.3 Å². The second kappa shape index (κ2) is 5.89. The minimum absolute atomic E-state index is 0. The monoisotopic (exact) mass is 359 g/mol. The van der Waals surface area contributed by atoms with Crippen LogP contribution in [0.3, 0.4) is 0 Å². The van der Waals surface area contributed by atoms with Crippen molar-refractivity contribution in [2.24, 2.45) is 0 Å². The van der Waals surface area contributed by atoms with Gasteiger partial charge in [0.15, 0.2) is 0 Å². The van der Waals surface area contributed by atoms with E-state index in [2.05, 4.69) is 0 Å². The van der Waals surface area contributed by atoms with Gasteiger partial charge < -0.3 is 29.7 Å². The predicted molar refractivity (Wildman–Crippen MR) is 39.4 cm³/mol. The molecule has 0 spiro atoms. The maximum atomic E-state index is 10.4. The number of hydrogen-bond acceptors (Lipinski definition) is 6. The number of rotatable bonds is 3. The van der Waals surface area contributed by atoms with Crippen LogP contribution in [0.25, 0.3) is 0 Å². The first-order valence-corrected chi connectivity index (χ1v) is 3.71. The molecule has 0 aromatic heterocycles. The van der Waals surface area contributed by atoms with E-state index in [1.54, 1.807) is 0 Å². The first-order valence-electron chi connectivity index (χ1n) is 3.71. The molecule has 1 aromatic rings. The Bertz CT molecular complexity index is 374. The molecule has 0 saturated heterocycles. The van der Waals surface area contributed by atoms with Crippen LogP contribution in [-0.2, 0) is 0 Å². The molecule has 0 aliphatic rings. The number of aromatic carboxylic acids is 3. The van der Waals surface area contributed by atoms with Crippen molar-refractivity contribution in [3.05, 3.63) is 34.9 Å². The Morgan fingerprint density at radius 1 is 0.688 bits per heavy atom. The number of carboxylic acids is 3. The smallest absolute Gasteiger partial charge is 0.545 e. The van der Waals surface area contributed by atoms with Crippen molar-refractivity contribution in [3.8, 4) is 0 Å². The molecule has 0 fully saturated rings. The van der Waals surface area contributed by atoms with E-state index in [0.717, 1.165) is 18.2 Å². The summed E-state index contributed by atoms with van der Waals surface area (Å²) in [7, 11) is 0. The fourth-order valence-electron chi connectivity index (χ4n) is 0.981. The van der Waals surface area contributed by atoms with Gasteiger partial charge in [0.05, 0.1) is 17.9 Å². The van der Waals surface area contributed by atoms with Crippen LogP contribution in [-0.4, -0.2) is 17.9 Å². The summed E-state index contributed by atoms with van der Waals surface area (Å²) in [6.07, 6.45) is 0. The Balaban J connectivity index is 0.00000225. The third-order valence-corrected chi connectivity index (χ3v) is 1.64. The van der Waals surface area contributed by atoms with Gasteiger partial charge in [-0.15, -0.1) is 0 Å². The molecule has 16 heavy (non-hydrogen) atoms. The molecule has 7 heteroatoms. The largest absolute Gasteiger partial charge is 3.00 e. The maximum absolute atomic E-state index is 10.4. The normalized spacial score (nSPS) is 9.00. The van der Waals surface area contributed by atoms with Crippen molar-refractivity contribution in [1.29, 1.82) is 0 Å². The summed E-state index contributed by atoms with van der Waals surface area (Å²) < 4.78 is 0. The molecular weight excluding hydrogens is 354 g/mol. The molecule has 0 unspecified atom stereocenters. The van der Waals surface area contributed by atoms with E-state index in [-0.39, 0.29) is 40.4 Å². The molecule has 1 rings (SSSR count). The summed E-state index contributed by atoms with van der Waals surface area (Å²) >= 11 is 0. The summed E-state index contributed by atoms with van der Waals surface area (Å²) in [6, 6.07) is 2.24. The zero-order chi connectivity index (χ0) is 11.6. The number of benzene rings is 1. The fourth-order valence-corrected chi connectivity index (χ4v) is 0.981. The van der Waals surface area contributed by atoms with Crippen LogP contribution in [0.15, 0.2) is 18.2 Å². The number of carbonyl (C=O) groups is 3. The molecule has 0 amide bonds. The van der Waals surface area contributed by atoms with E-state index in [4.69, 9.17) is 0 Å². The molecule has 81 valence electrons. The maximum Gasteiger partial charge on any atom is 3.00 e. The van der Waals surface area contributed by atoms with Gasteiger partial charge in [0.2, 0.25) is 0 Å². The Morgan fingerprint density at radius 3 is 1.00 bits per heavy atom. The molecule has 0 aliphatic carbocycles. The first-order chi connectivity index (χ1) is 6.91. The Morgan fingerprint density at radius 2 is 0.875 bits per heavy atom. The second-order valence-corrected chi connectivity index (χ2v) is 2.66. The van der Waals surface area contributed by atoms with Gasteiger partial charge in [-0.05, 0) is 34.9 Å². The van der Waals surface area contributed by atoms with Crippen molar-refractivity contribution in [1.82, 2.24) is 0 Å². The van der Waals surface area contributed by atoms with Gasteiger partial charge in [-0.2, -0.15) is 0 Å². The van der Waals surface area contributed by atoms with Gasteiger partial charge in [-0.25, -0.2) is 0 Å². The van der Waals surface area contributed by atoms with Crippen molar-refractivity contribution < 1.29 is 70.1 Å². The van der Waals surface area contributed by atoms with Crippen molar-refractivity contribution in [2.75, 3.05) is 0 Å². The van der Waals surface area contributed by atoms with Crippen LogP contribution in [0.4, 0.5) is 0 Å². The van der Waals surface area contributed by atoms with E-state index in [9.17, 15) is 29.7 Å². The average molecular weight is 357 g/mol. The van der Waals surface area contributed by atoms with Gasteiger partial charge in [0, 0.05) is 0 Å². The first kappa shape index (κ1) is 15.0. The predicted octanol–water partition coefficient (Wildman–Crippen LogP) is -3.22. The third-order valence-electron chi connectivity index (χ3n) is 1.64. The molecule has 0 atom stereocenters. The van der Waals surface area contributed by atoms with Crippen LogP contribution in [0.5, 0.6) is 0 Å². The quantitative estimate of drug-likeness (QED) is 0.561. The molecule has 0 bridgehead atoms. The zero-order valence-electron chi connectivity index (χ0n) is 7.59. The fraction of sp³-hybridized carbons (Fsp3) is 0. The topological polar surface area (TPSA) is 120 Å².